The average Bonchev–Trinajstić information content (AvgIpc) is 2.46. The second-order valence-corrected chi connectivity index (χ2v) is 4.36. The molecule has 4 heteroatoms. The Morgan fingerprint density at radius 3 is 2.55 bits per heavy atom. The Bertz CT molecular complexity index is 763. The Kier molecular flexibility index (Phi) is 2.93. The molecule has 0 saturated heterocycles. The zero-order valence-electron chi connectivity index (χ0n) is 10.3. The van der Waals surface area contributed by atoms with Crippen molar-refractivity contribution in [3.63, 3.8) is 0 Å². The Labute approximate surface area is 113 Å². The minimum atomic E-state index is -4.39. The molecule has 0 N–H and O–H groups in total. The molecule has 0 fully saturated rings. The third-order valence-corrected chi connectivity index (χ3v) is 3.05. The molecule has 0 aliphatic carbocycles. The number of halogens is 3. The van der Waals surface area contributed by atoms with Crippen LogP contribution >= 0.6 is 0 Å². The van der Waals surface area contributed by atoms with Gasteiger partial charge in [-0.05, 0) is 24.3 Å². The molecule has 2 aromatic carbocycles. The molecule has 1 aromatic heterocycles. The van der Waals surface area contributed by atoms with Crippen molar-refractivity contribution in [1.82, 2.24) is 4.98 Å². The molecule has 3 rings (SSSR count). The van der Waals surface area contributed by atoms with Crippen LogP contribution in [0.4, 0.5) is 13.2 Å². The summed E-state index contributed by atoms with van der Waals surface area (Å²) >= 11 is 0. The lowest BCUT2D eigenvalue weighted by Gasteiger charge is -2.12. The lowest BCUT2D eigenvalue weighted by molar-refractivity contribution is -0.137. The standard InChI is InChI=1S/C16H9F3N/c17-16(18,19)13-7-3-2-6-12(13)15-10-9-11-5-1-4-8-14(11)20-15/h1-3,5-10H. The third-order valence-electron chi connectivity index (χ3n) is 3.05. The van der Waals surface area contributed by atoms with Crippen LogP contribution < -0.4 is 0 Å². The molecule has 0 aliphatic heterocycles. The van der Waals surface area contributed by atoms with Crippen molar-refractivity contribution in [3.8, 4) is 11.3 Å². The first-order valence-corrected chi connectivity index (χ1v) is 5.99. The zero-order chi connectivity index (χ0) is 14.2. The summed E-state index contributed by atoms with van der Waals surface area (Å²) in [4.78, 5) is 4.29. The summed E-state index contributed by atoms with van der Waals surface area (Å²) in [7, 11) is 0. The molecule has 0 saturated carbocycles. The minimum absolute atomic E-state index is 0.0887. The van der Waals surface area contributed by atoms with E-state index in [0.29, 0.717) is 11.2 Å². The molecule has 0 aliphatic rings. The van der Waals surface area contributed by atoms with E-state index in [1.54, 1.807) is 30.3 Å². The molecule has 0 bridgehead atoms. The van der Waals surface area contributed by atoms with Gasteiger partial charge in [0.05, 0.1) is 16.8 Å². The van der Waals surface area contributed by atoms with Crippen LogP contribution in [0.25, 0.3) is 22.2 Å². The fourth-order valence-corrected chi connectivity index (χ4v) is 2.11. The predicted octanol–water partition coefficient (Wildman–Crippen LogP) is 4.72. The van der Waals surface area contributed by atoms with E-state index in [4.69, 9.17) is 0 Å². The SMILES string of the molecule is FC(F)(F)c1ccccc1-c1ccc2cc[c]cc2n1. The average molecular weight is 272 g/mol. The van der Waals surface area contributed by atoms with Gasteiger partial charge in [0.15, 0.2) is 0 Å². The first kappa shape index (κ1) is 12.7. The van der Waals surface area contributed by atoms with Gasteiger partial charge in [0, 0.05) is 10.9 Å². The molecule has 1 radical (unpaired) electrons. The molecule has 0 atom stereocenters. The van der Waals surface area contributed by atoms with E-state index in [1.807, 2.05) is 6.07 Å². The van der Waals surface area contributed by atoms with Crippen LogP contribution in [0.5, 0.6) is 0 Å². The molecule has 1 heterocycles. The van der Waals surface area contributed by atoms with Crippen molar-refractivity contribution in [1.29, 1.82) is 0 Å². The van der Waals surface area contributed by atoms with Crippen LogP contribution in [-0.4, -0.2) is 4.98 Å². The van der Waals surface area contributed by atoms with E-state index in [1.165, 1.54) is 12.1 Å². The van der Waals surface area contributed by atoms with E-state index in [-0.39, 0.29) is 5.56 Å². The Hall–Kier alpha value is -2.36. The second kappa shape index (κ2) is 4.63. The first-order chi connectivity index (χ1) is 9.55. The lowest BCUT2D eigenvalue weighted by Crippen LogP contribution is -2.07. The van der Waals surface area contributed by atoms with Crippen molar-refractivity contribution < 1.29 is 13.2 Å². The molecule has 0 unspecified atom stereocenters. The monoisotopic (exact) mass is 272 g/mol. The van der Waals surface area contributed by atoms with Crippen molar-refractivity contribution in [3.05, 3.63) is 66.2 Å². The maximum atomic E-state index is 13.0. The molecule has 0 spiro atoms. The van der Waals surface area contributed by atoms with E-state index in [9.17, 15) is 13.2 Å². The quantitative estimate of drug-likeness (QED) is 0.624. The molecule has 0 amide bonds. The van der Waals surface area contributed by atoms with Crippen molar-refractivity contribution in [2.45, 2.75) is 6.18 Å². The van der Waals surface area contributed by atoms with Gasteiger partial charge in [-0.3, -0.25) is 0 Å². The maximum absolute atomic E-state index is 13.0. The number of hydrogen-bond acceptors (Lipinski definition) is 1. The van der Waals surface area contributed by atoms with Gasteiger partial charge in [-0.15, -0.1) is 0 Å². The smallest absolute Gasteiger partial charge is 0.248 e. The highest BCUT2D eigenvalue weighted by atomic mass is 19.4. The number of fused-ring (bicyclic) bond motifs is 1. The highest BCUT2D eigenvalue weighted by Gasteiger charge is 2.33. The topological polar surface area (TPSA) is 12.9 Å². The number of aromatic nitrogens is 1. The van der Waals surface area contributed by atoms with E-state index in [2.05, 4.69) is 11.1 Å². The summed E-state index contributed by atoms with van der Waals surface area (Å²) in [5.74, 6) is 0. The number of nitrogens with zero attached hydrogens (tertiary/aromatic N) is 1. The van der Waals surface area contributed by atoms with Crippen LogP contribution in [-0.2, 0) is 6.18 Å². The van der Waals surface area contributed by atoms with Crippen LogP contribution in [0.2, 0.25) is 0 Å². The molecule has 20 heavy (non-hydrogen) atoms. The van der Waals surface area contributed by atoms with Gasteiger partial charge in [-0.2, -0.15) is 13.2 Å². The highest BCUT2D eigenvalue weighted by Crippen LogP contribution is 2.36. The number of benzene rings is 2. The van der Waals surface area contributed by atoms with E-state index >= 15 is 0 Å². The summed E-state index contributed by atoms with van der Waals surface area (Å²) in [6.45, 7) is 0. The van der Waals surface area contributed by atoms with Crippen molar-refractivity contribution in [2.75, 3.05) is 0 Å². The predicted molar refractivity (Wildman–Crippen MR) is 71.0 cm³/mol. The van der Waals surface area contributed by atoms with Crippen molar-refractivity contribution >= 4 is 10.9 Å². The van der Waals surface area contributed by atoms with Gasteiger partial charge in [0.1, 0.15) is 0 Å². The second-order valence-electron chi connectivity index (χ2n) is 4.36. The summed E-state index contributed by atoms with van der Waals surface area (Å²) in [5, 5.41) is 0.872. The Balaban J connectivity index is 2.21. The van der Waals surface area contributed by atoms with E-state index < -0.39 is 11.7 Å². The summed E-state index contributed by atoms with van der Waals surface area (Å²) in [5.41, 5.74) is 0.351. The fourth-order valence-electron chi connectivity index (χ4n) is 2.11. The maximum Gasteiger partial charge on any atom is 0.417 e. The summed E-state index contributed by atoms with van der Waals surface area (Å²) in [6, 6.07) is 16.9. The molecular formula is C16H9F3N. The normalized spacial score (nSPS) is 11.8. The molecule has 99 valence electrons. The number of rotatable bonds is 1. The third kappa shape index (κ3) is 2.25. The lowest BCUT2D eigenvalue weighted by atomic mass is 10.0. The Morgan fingerprint density at radius 1 is 0.950 bits per heavy atom. The van der Waals surface area contributed by atoms with Crippen LogP contribution in [0.1, 0.15) is 5.56 Å². The summed E-state index contributed by atoms with van der Waals surface area (Å²) in [6.07, 6.45) is -4.39. The largest absolute Gasteiger partial charge is 0.417 e. The van der Waals surface area contributed by atoms with Gasteiger partial charge in [0.25, 0.3) is 0 Å². The molecule has 3 aromatic rings. The van der Waals surface area contributed by atoms with Gasteiger partial charge in [0.2, 0.25) is 0 Å². The van der Waals surface area contributed by atoms with Crippen LogP contribution in [0.3, 0.4) is 0 Å². The number of hydrogen-bond donors (Lipinski definition) is 0. The van der Waals surface area contributed by atoms with Crippen LogP contribution in [0.15, 0.2) is 54.6 Å². The first-order valence-electron chi connectivity index (χ1n) is 5.99. The van der Waals surface area contributed by atoms with Gasteiger partial charge < -0.3 is 0 Å². The van der Waals surface area contributed by atoms with Gasteiger partial charge in [-0.25, -0.2) is 4.98 Å². The van der Waals surface area contributed by atoms with Gasteiger partial charge in [-0.1, -0.05) is 36.4 Å². The van der Waals surface area contributed by atoms with E-state index in [0.717, 1.165) is 11.5 Å². The molecule has 1 nitrogen and oxygen atoms in total. The van der Waals surface area contributed by atoms with Gasteiger partial charge >= 0.3 is 6.18 Å². The van der Waals surface area contributed by atoms with Crippen LogP contribution in [0, 0.1) is 6.07 Å². The van der Waals surface area contributed by atoms with Crippen molar-refractivity contribution in [2.24, 2.45) is 0 Å². The number of pyridine rings is 1. The highest BCUT2D eigenvalue weighted by molar-refractivity contribution is 5.81. The molecular weight excluding hydrogens is 263 g/mol. The zero-order valence-corrected chi connectivity index (χ0v) is 10.3. The number of alkyl halides is 3. The Morgan fingerprint density at radius 2 is 1.75 bits per heavy atom. The summed E-state index contributed by atoms with van der Waals surface area (Å²) < 4.78 is 39.0. The fraction of sp³-hybridized carbons (Fsp3) is 0.0625. The minimum Gasteiger partial charge on any atom is -0.248 e.